The summed E-state index contributed by atoms with van der Waals surface area (Å²) in [6, 6.07) is 14.2. The highest BCUT2D eigenvalue weighted by Crippen LogP contribution is 2.33. The summed E-state index contributed by atoms with van der Waals surface area (Å²) in [7, 11) is 1.58. The molecule has 0 radical (unpaired) electrons. The minimum atomic E-state index is -0.488. The van der Waals surface area contributed by atoms with Gasteiger partial charge in [0.1, 0.15) is 16.5 Å². The van der Waals surface area contributed by atoms with E-state index in [9.17, 15) is 9.59 Å². The Bertz CT molecular complexity index is 901. The van der Waals surface area contributed by atoms with Gasteiger partial charge >= 0.3 is 0 Å². The van der Waals surface area contributed by atoms with Crippen LogP contribution in [0, 0.1) is 5.92 Å². The summed E-state index contributed by atoms with van der Waals surface area (Å²) >= 11 is 6.23. The van der Waals surface area contributed by atoms with Crippen molar-refractivity contribution in [3.63, 3.8) is 0 Å². The molecule has 1 heterocycles. The van der Waals surface area contributed by atoms with Gasteiger partial charge < -0.3 is 9.47 Å². The van der Waals surface area contributed by atoms with Crippen LogP contribution in [0.3, 0.4) is 0 Å². The molecule has 146 valence electrons. The van der Waals surface area contributed by atoms with Crippen LogP contribution in [0.1, 0.15) is 25.0 Å². The molecule has 28 heavy (non-hydrogen) atoms. The summed E-state index contributed by atoms with van der Waals surface area (Å²) in [5.41, 5.74) is 1.62. The first-order chi connectivity index (χ1) is 13.4. The Morgan fingerprint density at radius 3 is 2.11 bits per heavy atom. The summed E-state index contributed by atoms with van der Waals surface area (Å²) in [6.07, 6.45) is 0. The zero-order chi connectivity index (χ0) is 20.3. The standard InChI is InChI=1S/C22H22ClNO4/c1-14(2)13-28-18-10-6-16(7-11-18)19-20(23)22(26)24(21(19)25)12-15-4-8-17(27-3)9-5-15/h4-11,14H,12-13H2,1-3H3. The summed E-state index contributed by atoms with van der Waals surface area (Å²) in [4.78, 5) is 26.6. The van der Waals surface area contributed by atoms with E-state index in [1.54, 1.807) is 43.5 Å². The van der Waals surface area contributed by atoms with Gasteiger partial charge in [-0.2, -0.15) is 0 Å². The second kappa shape index (κ2) is 8.48. The summed E-state index contributed by atoms with van der Waals surface area (Å²) in [5, 5.41) is -0.0608. The Kier molecular flexibility index (Phi) is 6.05. The molecule has 0 fully saturated rings. The highest BCUT2D eigenvalue weighted by molar-refractivity contribution is 6.55. The monoisotopic (exact) mass is 399 g/mol. The fourth-order valence-electron chi connectivity index (χ4n) is 2.83. The van der Waals surface area contributed by atoms with E-state index >= 15 is 0 Å². The number of ether oxygens (including phenoxy) is 2. The van der Waals surface area contributed by atoms with Crippen molar-refractivity contribution in [3.05, 3.63) is 64.7 Å². The van der Waals surface area contributed by atoms with Gasteiger partial charge in [-0.1, -0.05) is 49.7 Å². The summed E-state index contributed by atoms with van der Waals surface area (Å²) in [6.45, 7) is 4.89. The molecule has 1 aliphatic heterocycles. The Balaban J connectivity index is 1.76. The van der Waals surface area contributed by atoms with Crippen molar-refractivity contribution in [2.24, 2.45) is 5.92 Å². The first-order valence-electron chi connectivity index (χ1n) is 9.03. The molecular formula is C22H22ClNO4. The van der Waals surface area contributed by atoms with Crippen molar-refractivity contribution in [1.82, 2.24) is 4.90 Å². The number of rotatable bonds is 7. The lowest BCUT2D eigenvalue weighted by Gasteiger charge is -2.15. The molecule has 2 aromatic rings. The first-order valence-corrected chi connectivity index (χ1v) is 9.40. The zero-order valence-corrected chi connectivity index (χ0v) is 16.8. The fraction of sp³-hybridized carbons (Fsp3) is 0.273. The van der Waals surface area contributed by atoms with Crippen molar-refractivity contribution in [3.8, 4) is 11.5 Å². The van der Waals surface area contributed by atoms with Gasteiger partial charge in [-0.15, -0.1) is 0 Å². The minimum Gasteiger partial charge on any atom is -0.497 e. The van der Waals surface area contributed by atoms with Crippen LogP contribution < -0.4 is 9.47 Å². The summed E-state index contributed by atoms with van der Waals surface area (Å²) in [5.74, 6) is 0.942. The fourth-order valence-corrected chi connectivity index (χ4v) is 3.13. The van der Waals surface area contributed by atoms with E-state index in [0.29, 0.717) is 29.6 Å². The molecule has 0 aromatic heterocycles. The van der Waals surface area contributed by atoms with Crippen molar-refractivity contribution < 1.29 is 19.1 Å². The Labute approximate surface area is 169 Å². The lowest BCUT2D eigenvalue weighted by molar-refractivity contribution is -0.137. The van der Waals surface area contributed by atoms with E-state index in [0.717, 1.165) is 10.5 Å². The van der Waals surface area contributed by atoms with Gasteiger partial charge in [-0.3, -0.25) is 14.5 Å². The van der Waals surface area contributed by atoms with Crippen molar-refractivity contribution in [1.29, 1.82) is 0 Å². The number of amides is 2. The largest absolute Gasteiger partial charge is 0.497 e. The van der Waals surface area contributed by atoms with Crippen LogP contribution in [0.4, 0.5) is 0 Å². The number of halogens is 1. The Hall–Kier alpha value is -2.79. The quantitative estimate of drug-likeness (QED) is 0.653. The summed E-state index contributed by atoms with van der Waals surface area (Å²) < 4.78 is 10.8. The molecular weight excluding hydrogens is 378 g/mol. The highest BCUT2D eigenvalue weighted by Gasteiger charge is 2.38. The molecule has 2 amide bonds. The van der Waals surface area contributed by atoms with E-state index in [1.807, 2.05) is 12.1 Å². The van der Waals surface area contributed by atoms with Crippen molar-refractivity contribution in [2.75, 3.05) is 13.7 Å². The van der Waals surface area contributed by atoms with Crippen LogP contribution in [0.25, 0.3) is 5.57 Å². The number of carbonyl (C=O) groups excluding carboxylic acids is 2. The van der Waals surface area contributed by atoms with Crippen molar-refractivity contribution in [2.45, 2.75) is 20.4 Å². The Morgan fingerprint density at radius 2 is 1.54 bits per heavy atom. The van der Waals surface area contributed by atoms with E-state index < -0.39 is 11.8 Å². The van der Waals surface area contributed by atoms with Crippen LogP contribution in [-0.4, -0.2) is 30.4 Å². The predicted octanol–water partition coefficient (Wildman–Crippen LogP) is 4.25. The van der Waals surface area contributed by atoms with Gasteiger partial charge in [-0.05, 0) is 41.3 Å². The molecule has 1 aliphatic rings. The van der Waals surface area contributed by atoms with Gasteiger partial charge in [0.2, 0.25) is 0 Å². The van der Waals surface area contributed by atoms with Gasteiger partial charge in [-0.25, -0.2) is 0 Å². The average molecular weight is 400 g/mol. The number of hydrogen-bond donors (Lipinski definition) is 0. The maximum Gasteiger partial charge on any atom is 0.273 e. The number of carbonyl (C=O) groups is 2. The molecule has 0 aliphatic carbocycles. The smallest absolute Gasteiger partial charge is 0.273 e. The average Bonchev–Trinajstić information content (AvgIpc) is 2.91. The predicted molar refractivity (Wildman–Crippen MR) is 108 cm³/mol. The normalized spacial score (nSPS) is 14.2. The number of nitrogens with zero attached hydrogens (tertiary/aromatic N) is 1. The molecule has 0 atom stereocenters. The van der Waals surface area contributed by atoms with Crippen LogP contribution in [0.15, 0.2) is 53.6 Å². The second-order valence-corrected chi connectivity index (χ2v) is 7.34. The molecule has 5 nitrogen and oxygen atoms in total. The third kappa shape index (κ3) is 4.20. The molecule has 2 aromatic carbocycles. The van der Waals surface area contributed by atoms with E-state index in [-0.39, 0.29) is 17.2 Å². The number of methoxy groups -OCH3 is 1. The van der Waals surface area contributed by atoms with Crippen LogP contribution in [0.2, 0.25) is 0 Å². The second-order valence-electron chi connectivity index (χ2n) is 6.96. The van der Waals surface area contributed by atoms with Crippen LogP contribution >= 0.6 is 11.6 Å². The van der Waals surface area contributed by atoms with Crippen LogP contribution in [0.5, 0.6) is 11.5 Å². The molecule has 6 heteroatoms. The lowest BCUT2D eigenvalue weighted by atomic mass is 10.1. The van der Waals surface area contributed by atoms with Crippen molar-refractivity contribution >= 4 is 29.0 Å². The van der Waals surface area contributed by atoms with Gasteiger partial charge in [0.05, 0.1) is 25.8 Å². The Morgan fingerprint density at radius 1 is 0.929 bits per heavy atom. The van der Waals surface area contributed by atoms with Gasteiger partial charge in [0, 0.05) is 0 Å². The highest BCUT2D eigenvalue weighted by atomic mass is 35.5. The molecule has 0 unspecified atom stereocenters. The molecule has 0 spiro atoms. The maximum atomic E-state index is 12.9. The number of benzene rings is 2. The maximum absolute atomic E-state index is 12.9. The third-order valence-electron chi connectivity index (χ3n) is 4.34. The van der Waals surface area contributed by atoms with E-state index in [4.69, 9.17) is 21.1 Å². The van der Waals surface area contributed by atoms with Gasteiger partial charge in [0.25, 0.3) is 11.8 Å². The van der Waals surface area contributed by atoms with Crippen LogP contribution in [-0.2, 0) is 16.1 Å². The van der Waals surface area contributed by atoms with E-state index in [1.165, 1.54) is 0 Å². The SMILES string of the molecule is COc1ccc(CN2C(=O)C(Cl)=C(c3ccc(OCC(C)C)cc3)C2=O)cc1. The molecule has 0 saturated carbocycles. The van der Waals surface area contributed by atoms with Gasteiger partial charge in [0.15, 0.2) is 0 Å². The lowest BCUT2D eigenvalue weighted by Crippen LogP contribution is -2.30. The number of imide groups is 1. The molecule has 3 rings (SSSR count). The topological polar surface area (TPSA) is 55.8 Å². The van der Waals surface area contributed by atoms with E-state index in [2.05, 4.69) is 13.8 Å². The molecule has 0 saturated heterocycles. The minimum absolute atomic E-state index is 0.0608. The first kappa shape index (κ1) is 20.0. The third-order valence-corrected chi connectivity index (χ3v) is 4.69. The molecule has 0 bridgehead atoms. The zero-order valence-electron chi connectivity index (χ0n) is 16.1. The number of hydrogen-bond acceptors (Lipinski definition) is 4. The molecule has 0 N–H and O–H groups in total.